The van der Waals surface area contributed by atoms with Crippen LogP contribution in [0.3, 0.4) is 0 Å². The minimum atomic E-state index is 0.449. The van der Waals surface area contributed by atoms with E-state index in [-0.39, 0.29) is 0 Å². The average Bonchev–Trinajstić information content (AvgIpc) is 3.75. The number of benzene rings is 2. The molecule has 0 aliphatic carbocycles. The van der Waals surface area contributed by atoms with Crippen molar-refractivity contribution in [1.82, 2.24) is 14.8 Å². The van der Waals surface area contributed by atoms with Crippen molar-refractivity contribution in [2.45, 2.75) is 0 Å². The van der Waals surface area contributed by atoms with Crippen LogP contribution in [-0.4, -0.2) is 48.2 Å². The molecule has 0 N–H and O–H groups in total. The first kappa shape index (κ1) is 24.3. The fourth-order valence-electron chi connectivity index (χ4n) is 4.49. The van der Waals surface area contributed by atoms with Crippen molar-refractivity contribution in [1.29, 1.82) is 5.26 Å². The van der Waals surface area contributed by atoms with E-state index in [1.807, 2.05) is 65.2 Å². The van der Waals surface area contributed by atoms with Crippen LogP contribution in [0.25, 0.3) is 17.0 Å². The number of thiophene rings is 1. The summed E-state index contributed by atoms with van der Waals surface area (Å²) in [5, 5.41) is 24.7. The number of nitrogens with zero attached hydrogens (tertiary/aromatic N) is 6. The molecule has 1 fully saturated rings. The normalized spacial score (nSPS) is 16.8. The number of thioether (sulfide) groups is 1. The highest BCUT2D eigenvalue weighted by Gasteiger charge is 2.32. The van der Waals surface area contributed by atoms with E-state index in [1.165, 1.54) is 11.8 Å². The summed E-state index contributed by atoms with van der Waals surface area (Å²) in [4.78, 5) is 5.39. The summed E-state index contributed by atoms with van der Waals surface area (Å²) >= 11 is 3.18. The van der Waals surface area contributed by atoms with Crippen molar-refractivity contribution in [2.75, 3.05) is 43.2 Å². The second-order valence-electron chi connectivity index (χ2n) is 8.52. The van der Waals surface area contributed by atoms with Crippen LogP contribution in [0.2, 0.25) is 0 Å². The Morgan fingerprint density at radius 3 is 2.45 bits per heavy atom. The van der Waals surface area contributed by atoms with Crippen molar-refractivity contribution in [3.8, 4) is 17.5 Å². The zero-order valence-corrected chi connectivity index (χ0v) is 22.3. The van der Waals surface area contributed by atoms with E-state index in [0.29, 0.717) is 43.6 Å². The highest BCUT2D eigenvalue weighted by molar-refractivity contribution is 8.06. The van der Waals surface area contributed by atoms with E-state index >= 15 is 0 Å². The third-order valence-electron chi connectivity index (χ3n) is 6.33. The average molecular weight is 541 g/mol. The predicted molar refractivity (Wildman–Crippen MR) is 152 cm³/mol. The summed E-state index contributed by atoms with van der Waals surface area (Å²) < 4.78 is 12.9. The van der Waals surface area contributed by atoms with Crippen molar-refractivity contribution in [3.05, 3.63) is 93.2 Å². The van der Waals surface area contributed by atoms with Crippen LogP contribution < -0.4 is 14.5 Å². The van der Waals surface area contributed by atoms with E-state index < -0.39 is 0 Å². The van der Waals surface area contributed by atoms with Gasteiger partial charge in [0.05, 0.1) is 36.6 Å². The first-order valence-corrected chi connectivity index (χ1v) is 13.9. The number of anilines is 2. The third kappa shape index (κ3) is 4.45. The standard InChI is InChI=1S/C28H24N6O2S2/c1-35-22-11-9-21(10-12-22)33-24(25-8-5-17-37-25)19-38-27(33)23(18-29)26-30-31-28(32-13-15-36-16-14-32)34(26)20-6-3-2-4-7-20/h2-12,17,19H,13-16H2,1H3/b27-23-. The number of nitriles is 1. The number of morpholine rings is 1. The Morgan fingerprint density at radius 2 is 1.76 bits per heavy atom. The molecule has 1 saturated heterocycles. The minimum Gasteiger partial charge on any atom is -0.497 e. The first-order chi connectivity index (χ1) is 18.8. The number of aromatic nitrogens is 3. The van der Waals surface area contributed by atoms with E-state index in [1.54, 1.807) is 18.4 Å². The van der Waals surface area contributed by atoms with Crippen LogP contribution in [-0.2, 0) is 4.74 Å². The maximum atomic E-state index is 10.6. The Kier molecular flexibility index (Phi) is 6.88. The van der Waals surface area contributed by atoms with Gasteiger partial charge in [-0.15, -0.1) is 21.5 Å². The molecule has 0 unspecified atom stereocenters. The smallest absolute Gasteiger partial charge is 0.232 e. The lowest BCUT2D eigenvalue weighted by atomic mass is 10.2. The number of rotatable bonds is 6. The Bertz CT molecular complexity index is 1520. The fraction of sp³-hybridized carbons (Fsp3) is 0.179. The highest BCUT2D eigenvalue weighted by Crippen LogP contribution is 2.47. The van der Waals surface area contributed by atoms with Gasteiger partial charge in [0.2, 0.25) is 5.95 Å². The van der Waals surface area contributed by atoms with Crippen LogP contribution >= 0.6 is 23.1 Å². The van der Waals surface area contributed by atoms with Gasteiger partial charge in [-0.1, -0.05) is 36.0 Å². The van der Waals surface area contributed by atoms with Crippen LogP contribution in [0.1, 0.15) is 10.7 Å². The number of methoxy groups -OCH3 is 1. The summed E-state index contributed by atoms with van der Waals surface area (Å²) in [6.07, 6.45) is 0. The largest absolute Gasteiger partial charge is 0.497 e. The Balaban J connectivity index is 1.52. The van der Waals surface area contributed by atoms with Gasteiger partial charge in [0, 0.05) is 24.2 Å². The molecular weight excluding hydrogens is 516 g/mol. The van der Waals surface area contributed by atoms with Crippen LogP contribution in [0.4, 0.5) is 11.6 Å². The van der Waals surface area contributed by atoms with Gasteiger partial charge >= 0.3 is 0 Å². The van der Waals surface area contributed by atoms with Gasteiger partial charge in [0.25, 0.3) is 0 Å². The van der Waals surface area contributed by atoms with Gasteiger partial charge in [0.15, 0.2) is 5.82 Å². The number of hydrogen-bond donors (Lipinski definition) is 0. The van der Waals surface area contributed by atoms with Crippen molar-refractivity contribution in [2.24, 2.45) is 0 Å². The SMILES string of the molecule is COc1ccc(N2C(c3cccs3)=CS/C2=C(/C#N)c2nnc(N3CCOCC3)n2-c2ccccc2)cc1. The Labute approximate surface area is 229 Å². The van der Waals surface area contributed by atoms with Crippen LogP contribution in [0, 0.1) is 11.3 Å². The van der Waals surface area contributed by atoms with Gasteiger partial charge in [-0.2, -0.15) is 5.26 Å². The molecule has 0 amide bonds. The molecule has 2 aliphatic rings. The minimum absolute atomic E-state index is 0.449. The number of para-hydroxylation sites is 1. The van der Waals surface area contributed by atoms with Crippen LogP contribution in [0.15, 0.2) is 82.5 Å². The monoisotopic (exact) mass is 540 g/mol. The molecule has 190 valence electrons. The van der Waals surface area contributed by atoms with Gasteiger partial charge in [-0.25, -0.2) is 0 Å². The highest BCUT2D eigenvalue weighted by atomic mass is 32.2. The molecule has 2 aliphatic heterocycles. The van der Waals surface area contributed by atoms with Crippen molar-refractivity contribution >= 4 is 46.0 Å². The molecule has 38 heavy (non-hydrogen) atoms. The molecule has 2 aromatic carbocycles. The van der Waals surface area contributed by atoms with Crippen molar-refractivity contribution < 1.29 is 9.47 Å². The number of ether oxygens (including phenoxy) is 2. The summed E-state index contributed by atoms with van der Waals surface area (Å²) in [6.45, 7) is 2.66. The predicted octanol–water partition coefficient (Wildman–Crippen LogP) is 5.62. The molecule has 0 bridgehead atoms. The molecule has 8 nitrogen and oxygen atoms in total. The second-order valence-corrected chi connectivity index (χ2v) is 10.3. The summed E-state index contributed by atoms with van der Waals surface area (Å²) in [5.41, 5.74) is 3.28. The molecule has 0 radical (unpaired) electrons. The second kappa shape index (κ2) is 10.8. The quantitative estimate of drug-likeness (QED) is 0.292. The first-order valence-electron chi connectivity index (χ1n) is 12.1. The van der Waals surface area contributed by atoms with Crippen LogP contribution in [0.5, 0.6) is 5.75 Å². The molecule has 4 heterocycles. The maximum Gasteiger partial charge on any atom is 0.232 e. The van der Waals surface area contributed by atoms with Gasteiger partial charge in [0.1, 0.15) is 22.4 Å². The molecule has 0 saturated carbocycles. The van der Waals surface area contributed by atoms with E-state index in [2.05, 4.69) is 42.9 Å². The van der Waals surface area contributed by atoms with Gasteiger partial charge in [-0.05, 0) is 47.8 Å². The van der Waals surface area contributed by atoms with E-state index in [9.17, 15) is 5.26 Å². The van der Waals surface area contributed by atoms with Gasteiger partial charge in [-0.3, -0.25) is 4.57 Å². The van der Waals surface area contributed by atoms with E-state index in [4.69, 9.17) is 9.47 Å². The molecule has 0 spiro atoms. The van der Waals surface area contributed by atoms with Gasteiger partial charge < -0.3 is 19.3 Å². The lowest BCUT2D eigenvalue weighted by Gasteiger charge is -2.28. The lowest BCUT2D eigenvalue weighted by molar-refractivity contribution is 0.122. The summed E-state index contributed by atoms with van der Waals surface area (Å²) in [7, 11) is 1.65. The molecular formula is C28H24N6O2S2. The topological polar surface area (TPSA) is 79.4 Å². The lowest BCUT2D eigenvalue weighted by Crippen LogP contribution is -2.38. The molecule has 6 rings (SSSR count). The Morgan fingerprint density at radius 1 is 0.974 bits per heavy atom. The van der Waals surface area contributed by atoms with Crippen molar-refractivity contribution in [3.63, 3.8) is 0 Å². The molecule has 2 aromatic heterocycles. The summed E-state index contributed by atoms with van der Waals surface area (Å²) in [6, 6.07) is 24.4. The fourth-order valence-corrected chi connectivity index (χ4v) is 6.32. The number of allylic oxidation sites excluding steroid dienone is 1. The molecule has 4 aromatic rings. The Hall–Kier alpha value is -4.04. The van der Waals surface area contributed by atoms with E-state index in [0.717, 1.165) is 32.7 Å². The maximum absolute atomic E-state index is 10.6. The summed E-state index contributed by atoms with van der Waals surface area (Å²) in [5.74, 6) is 1.97. The third-order valence-corrected chi connectivity index (χ3v) is 8.18. The zero-order chi connectivity index (χ0) is 25.9. The molecule has 10 heteroatoms. The molecule has 0 atom stereocenters. The number of hydrogen-bond acceptors (Lipinski definition) is 9. The zero-order valence-electron chi connectivity index (χ0n) is 20.7.